The second-order valence-electron chi connectivity index (χ2n) is 13.9. The van der Waals surface area contributed by atoms with Crippen LogP contribution in [0.15, 0.2) is 69.5 Å². The third kappa shape index (κ3) is 7.21. The number of likely N-dealkylation sites (tertiary alicyclic amines) is 2. The summed E-state index contributed by atoms with van der Waals surface area (Å²) in [6.07, 6.45) is 0.191. The molecule has 0 bridgehead atoms. The molecule has 6 aromatic rings. The summed E-state index contributed by atoms with van der Waals surface area (Å²) < 4.78 is 89.0. The number of benzene rings is 4. The number of fused-ring (bicyclic) bond motifs is 2. The zero-order chi connectivity index (χ0) is 38.5. The highest BCUT2D eigenvalue weighted by molar-refractivity contribution is 5.85. The van der Waals surface area contributed by atoms with E-state index in [1.807, 2.05) is 50.2 Å². The molecule has 2 saturated heterocycles. The number of rotatable bonds is 12. The number of hydrogen-bond donors (Lipinski definition) is 1. The number of hydrogen-bond acceptors (Lipinski definition) is 9. The first-order chi connectivity index (χ1) is 26.4. The zero-order valence-electron chi connectivity index (χ0n) is 29.7. The van der Waals surface area contributed by atoms with Gasteiger partial charge in [-0.25, -0.2) is 14.4 Å². The lowest BCUT2D eigenvalue weighted by Gasteiger charge is -2.34. The summed E-state index contributed by atoms with van der Waals surface area (Å²) in [5.41, 5.74) is 6.82. The summed E-state index contributed by atoms with van der Waals surface area (Å²) in [6.45, 7) is -1.08. The Morgan fingerprint density at radius 2 is 1.29 bits per heavy atom. The van der Waals surface area contributed by atoms with Gasteiger partial charge in [-0.3, -0.25) is 14.6 Å². The highest BCUT2D eigenvalue weighted by Gasteiger charge is 2.32. The molecule has 286 valence electrons. The Balaban J connectivity index is 1.12. The second-order valence-corrected chi connectivity index (χ2v) is 13.9. The zero-order valence-corrected chi connectivity index (χ0v) is 29.7. The van der Waals surface area contributed by atoms with Crippen molar-refractivity contribution in [3.8, 4) is 45.5 Å². The second kappa shape index (κ2) is 14.6. The minimum Gasteiger partial charge on any atom is -0.480 e. The van der Waals surface area contributed by atoms with Crippen LogP contribution >= 0.6 is 0 Å². The number of aliphatic carboxylic acids is 1. The molecule has 8 rings (SSSR count). The van der Waals surface area contributed by atoms with Gasteiger partial charge < -0.3 is 23.4 Å². The van der Waals surface area contributed by atoms with Gasteiger partial charge in [0.05, 0.1) is 0 Å². The molecule has 4 aromatic carbocycles. The number of halogens is 5. The van der Waals surface area contributed by atoms with Gasteiger partial charge in [-0.2, -0.15) is 17.6 Å². The topological polar surface area (TPSA) is 114 Å². The number of nitrogens with zero attached hydrogens (tertiary/aromatic N) is 4. The first kappa shape index (κ1) is 36.4. The Morgan fingerprint density at radius 3 is 1.76 bits per heavy atom. The third-order valence-electron chi connectivity index (χ3n) is 10.3. The van der Waals surface area contributed by atoms with E-state index in [2.05, 4.69) is 0 Å². The van der Waals surface area contributed by atoms with Crippen molar-refractivity contribution >= 4 is 28.2 Å². The molecule has 0 amide bonds. The molecule has 2 aliphatic rings. The van der Waals surface area contributed by atoms with Gasteiger partial charge in [0.25, 0.3) is 0 Å². The van der Waals surface area contributed by atoms with Gasteiger partial charge in [-0.15, -0.1) is 0 Å². The molecule has 1 atom stereocenters. The highest BCUT2D eigenvalue weighted by Crippen LogP contribution is 2.40. The molecule has 0 saturated carbocycles. The molecule has 15 heteroatoms. The predicted molar refractivity (Wildman–Crippen MR) is 192 cm³/mol. The Labute approximate surface area is 311 Å². The molecule has 2 aromatic heterocycles. The summed E-state index contributed by atoms with van der Waals surface area (Å²) >= 11 is 0. The molecule has 0 radical (unpaired) electrons. The maximum absolute atomic E-state index is 13.5. The molecule has 0 aliphatic carbocycles. The van der Waals surface area contributed by atoms with Crippen LogP contribution in [-0.4, -0.2) is 75.9 Å². The van der Waals surface area contributed by atoms with Crippen LogP contribution in [0.2, 0.25) is 0 Å². The van der Waals surface area contributed by atoms with E-state index in [9.17, 15) is 31.9 Å². The monoisotopic (exact) mass is 762 g/mol. The standard InChI is InChI=1S/C40H35F5N4O6/c1-20-25(6-3-8-27(20)36-46-29-12-22(16-48-18-24(41)19-48)32(54-39(42)43)14-34(29)52-36)26-7-4-9-28(21(26)2)37-47-30-13-23(17-49-11-5-10-31(49)38(50)51)33(55-40(44)45)15-35(30)53-37/h3-4,6-9,12-15,24,31,39-40H,5,10-11,16-19H2,1-2H3,(H,50,51)/t31-/m0/s1. The summed E-state index contributed by atoms with van der Waals surface area (Å²) in [5, 5.41) is 9.65. The molecular formula is C40H35F5N4O6. The van der Waals surface area contributed by atoms with Gasteiger partial charge >= 0.3 is 19.2 Å². The van der Waals surface area contributed by atoms with Crippen molar-refractivity contribution in [1.29, 1.82) is 0 Å². The van der Waals surface area contributed by atoms with Crippen LogP contribution in [0.1, 0.15) is 35.1 Å². The quantitative estimate of drug-likeness (QED) is 0.121. The molecule has 0 unspecified atom stereocenters. The molecule has 2 aliphatic heterocycles. The van der Waals surface area contributed by atoms with Gasteiger partial charge in [0.15, 0.2) is 11.2 Å². The summed E-state index contributed by atoms with van der Waals surface area (Å²) in [5.74, 6) is -0.609. The lowest BCUT2D eigenvalue weighted by molar-refractivity contribution is -0.142. The third-order valence-corrected chi connectivity index (χ3v) is 10.3. The van der Waals surface area contributed by atoms with E-state index in [0.29, 0.717) is 52.7 Å². The Bertz CT molecular complexity index is 2410. The number of carboxylic acids is 1. The average molecular weight is 763 g/mol. The lowest BCUT2D eigenvalue weighted by Crippen LogP contribution is -2.47. The van der Waals surface area contributed by atoms with Gasteiger partial charge in [0, 0.05) is 60.6 Å². The minimum absolute atomic E-state index is 0.0583. The van der Waals surface area contributed by atoms with E-state index in [0.717, 1.165) is 22.3 Å². The first-order valence-electron chi connectivity index (χ1n) is 17.7. The highest BCUT2D eigenvalue weighted by atomic mass is 19.3. The summed E-state index contributed by atoms with van der Waals surface area (Å²) in [4.78, 5) is 24.7. The van der Waals surface area contributed by atoms with Crippen LogP contribution in [-0.2, 0) is 17.9 Å². The minimum atomic E-state index is -3.10. The fourth-order valence-corrected chi connectivity index (χ4v) is 7.59. The van der Waals surface area contributed by atoms with Gasteiger partial charge in [-0.05, 0) is 79.8 Å². The average Bonchev–Trinajstić information content (AvgIpc) is 3.86. The normalized spacial score (nSPS) is 16.9. The lowest BCUT2D eigenvalue weighted by atomic mass is 9.91. The van der Waals surface area contributed by atoms with Crippen molar-refractivity contribution < 1.29 is 50.2 Å². The van der Waals surface area contributed by atoms with Crippen LogP contribution in [0.25, 0.3) is 56.2 Å². The van der Waals surface area contributed by atoms with Crippen LogP contribution < -0.4 is 9.47 Å². The van der Waals surface area contributed by atoms with E-state index < -0.39 is 31.4 Å². The molecule has 1 N–H and O–H groups in total. The number of oxazole rings is 2. The fourth-order valence-electron chi connectivity index (χ4n) is 7.59. The van der Waals surface area contributed by atoms with E-state index in [4.69, 9.17) is 28.3 Å². The maximum Gasteiger partial charge on any atom is 0.387 e. The largest absolute Gasteiger partial charge is 0.480 e. The molecule has 55 heavy (non-hydrogen) atoms. The first-order valence-corrected chi connectivity index (χ1v) is 17.7. The van der Waals surface area contributed by atoms with Crippen molar-refractivity contribution in [2.75, 3.05) is 19.6 Å². The van der Waals surface area contributed by atoms with Crippen LogP contribution in [0.4, 0.5) is 22.0 Å². The molecular weight excluding hydrogens is 727 g/mol. The van der Waals surface area contributed by atoms with Crippen LogP contribution in [0.5, 0.6) is 11.5 Å². The number of ether oxygens (including phenoxy) is 2. The fraction of sp³-hybridized carbons (Fsp3) is 0.325. The predicted octanol–water partition coefficient (Wildman–Crippen LogP) is 8.99. The SMILES string of the molecule is Cc1c(-c2nc3cc(CN4CC(F)C4)c(OC(F)F)cc3o2)cccc1-c1cccc(-c2nc3cc(CN4CCC[C@H]4C(=O)O)c(OC(F)F)cc3o2)c1C. The Kier molecular flexibility index (Phi) is 9.67. The van der Waals surface area contributed by atoms with E-state index in [1.165, 1.54) is 12.1 Å². The Morgan fingerprint density at radius 1 is 0.800 bits per heavy atom. The van der Waals surface area contributed by atoms with Crippen LogP contribution in [0, 0.1) is 13.8 Å². The molecule has 10 nitrogen and oxygen atoms in total. The van der Waals surface area contributed by atoms with Crippen molar-refractivity contribution in [2.45, 2.75) is 65.2 Å². The van der Waals surface area contributed by atoms with E-state index >= 15 is 0 Å². The van der Waals surface area contributed by atoms with Gasteiger partial charge in [0.1, 0.15) is 34.7 Å². The summed E-state index contributed by atoms with van der Waals surface area (Å²) in [7, 11) is 0. The van der Waals surface area contributed by atoms with E-state index in [1.54, 1.807) is 21.9 Å². The number of alkyl halides is 5. The van der Waals surface area contributed by atoms with Crippen LogP contribution in [0.3, 0.4) is 0 Å². The van der Waals surface area contributed by atoms with Crippen molar-refractivity contribution in [3.05, 3.63) is 82.9 Å². The molecule has 0 spiro atoms. The number of carboxylic acid groups (broad SMARTS) is 1. The maximum atomic E-state index is 13.5. The molecule has 4 heterocycles. The number of carbonyl (C=O) groups is 1. The van der Waals surface area contributed by atoms with Crippen molar-refractivity contribution in [1.82, 2.24) is 19.8 Å². The van der Waals surface area contributed by atoms with Gasteiger partial charge in [0.2, 0.25) is 11.8 Å². The molecule has 2 fully saturated rings. The van der Waals surface area contributed by atoms with Crippen molar-refractivity contribution in [2.24, 2.45) is 0 Å². The smallest absolute Gasteiger partial charge is 0.387 e. The van der Waals surface area contributed by atoms with Crippen molar-refractivity contribution in [3.63, 3.8) is 0 Å². The Hall–Kier alpha value is -5.54. The van der Waals surface area contributed by atoms with Gasteiger partial charge in [-0.1, -0.05) is 24.3 Å². The summed E-state index contributed by atoms with van der Waals surface area (Å²) in [6, 6.07) is 16.5. The van der Waals surface area contributed by atoms with E-state index in [-0.39, 0.29) is 60.6 Å². The number of aromatic nitrogens is 2.